The third kappa shape index (κ3) is 6.17. The topological polar surface area (TPSA) is 103 Å². The van der Waals surface area contributed by atoms with E-state index in [1.807, 2.05) is 82.3 Å². The summed E-state index contributed by atoms with van der Waals surface area (Å²) in [6.07, 6.45) is 0. The van der Waals surface area contributed by atoms with E-state index in [2.05, 4.69) is 9.98 Å². The minimum atomic E-state index is 0. The van der Waals surface area contributed by atoms with E-state index in [0.29, 0.717) is 11.7 Å². The number of amidine groups is 2. The van der Waals surface area contributed by atoms with Gasteiger partial charge in [-0.25, -0.2) is 4.98 Å². The zero-order chi connectivity index (χ0) is 22.8. The molecule has 6 nitrogen and oxygen atoms in total. The normalized spacial score (nSPS) is 12.2. The van der Waals surface area contributed by atoms with Crippen LogP contribution in [0, 0.1) is 0 Å². The molecule has 0 saturated carbocycles. The zero-order valence-corrected chi connectivity index (χ0v) is 21.9. The van der Waals surface area contributed by atoms with Gasteiger partial charge in [-0.15, -0.1) is 36.2 Å². The van der Waals surface area contributed by atoms with Crippen molar-refractivity contribution in [2.24, 2.45) is 21.5 Å². The summed E-state index contributed by atoms with van der Waals surface area (Å²) in [6.45, 7) is 8.02. The highest BCUT2D eigenvalue weighted by molar-refractivity contribution is 7.21. The average Bonchev–Trinajstić information content (AvgIpc) is 3.39. The molecule has 0 spiro atoms. The lowest BCUT2D eigenvalue weighted by molar-refractivity contribution is 0.597. The maximum atomic E-state index is 6.13. The molecule has 2 aromatic heterocycles. The Morgan fingerprint density at radius 3 is 1.97 bits per heavy atom. The smallest absolute Gasteiger partial charge is 0.163 e. The molecule has 0 aliphatic rings. The van der Waals surface area contributed by atoms with Crippen LogP contribution in [-0.2, 0) is 0 Å². The molecule has 4 aromatic rings. The number of thiazole rings is 1. The molecule has 4 rings (SSSR count). The summed E-state index contributed by atoms with van der Waals surface area (Å²) in [5, 5.41) is 0.827. The van der Waals surface area contributed by atoms with Crippen LogP contribution in [0.1, 0.15) is 38.8 Å². The first-order valence-electron chi connectivity index (χ1n) is 10.6. The van der Waals surface area contributed by atoms with Crippen molar-refractivity contribution in [3.63, 3.8) is 0 Å². The fourth-order valence-corrected chi connectivity index (χ4v) is 4.27. The Morgan fingerprint density at radius 2 is 1.35 bits per heavy atom. The first kappa shape index (κ1) is 27.4. The molecule has 34 heavy (non-hydrogen) atoms. The maximum absolute atomic E-state index is 6.13. The predicted molar refractivity (Wildman–Crippen MR) is 149 cm³/mol. The first-order chi connectivity index (χ1) is 15.3. The van der Waals surface area contributed by atoms with Crippen molar-refractivity contribution in [2.45, 2.75) is 39.8 Å². The Hall–Kier alpha value is -2.87. The minimum absolute atomic E-state index is 0. The van der Waals surface area contributed by atoms with E-state index in [0.717, 1.165) is 43.4 Å². The van der Waals surface area contributed by atoms with Gasteiger partial charge in [-0.3, -0.25) is 9.98 Å². The molecular weight excluding hydrogens is 489 g/mol. The highest BCUT2D eigenvalue weighted by Gasteiger charge is 2.13. The number of furan rings is 1. The van der Waals surface area contributed by atoms with Crippen LogP contribution >= 0.6 is 36.2 Å². The molecular formula is C25H29Cl2N5OS. The van der Waals surface area contributed by atoms with Crippen LogP contribution in [0.25, 0.3) is 32.3 Å². The number of halogens is 2. The van der Waals surface area contributed by atoms with Gasteiger partial charge in [0.15, 0.2) is 10.8 Å². The fourth-order valence-electron chi connectivity index (χ4n) is 3.31. The number of benzene rings is 2. The number of fused-ring (bicyclic) bond motifs is 1. The summed E-state index contributed by atoms with van der Waals surface area (Å²) in [5.74, 6) is 2.59. The number of nitrogens with two attached hydrogens (primary N) is 2. The Labute approximate surface area is 216 Å². The van der Waals surface area contributed by atoms with Crippen LogP contribution in [0.5, 0.6) is 0 Å². The first-order valence-corrected chi connectivity index (χ1v) is 11.4. The van der Waals surface area contributed by atoms with Crippen LogP contribution in [0.3, 0.4) is 0 Å². The maximum Gasteiger partial charge on any atom is 0.163 e. The summed E-state index contributed by atoms with van der Waals surface area (Å²) in [6, 6.07) is 18.1. The second kappa shape index (κ2) is 11.5. The molecule has 0 radical (unpaired) electrons. The number of nitrogens with zero attached hydrogens (tertiary/aromatic N) is 3. The van der Waals surface area contributed by atoms with Crippen molar-refractivity contribution in [1.82, 2.24) is 4.98 Å². The van der Waals surface area contributed by atoms with Gasteiger partial charge in [-0.2, -0.15) is 0 Å². The van der Waals surface area contributed by atoms with Crippen molar-refractivity contribution >= 4 is 58.0 Å². The molecule has 0 amide bonds. The van der Waals surface area contributed by atoms with E-state index in [1.54, 1.807) is 11.3 Å². The summed E-state index contributed by atoms with van der Waals surface area (Å²) in [4.78, 5) is 13.6. The Balaban J connectivity index is 0.00000204. The van der Waals surface area contributed by atoms with Gasteiger partial charge in [0.05, 0.1) is 10.2 Å². The highest BCUT2D eigenvalue weighted by atomic mass is 35.5. The van der Waals surface area contributed by atoms with Gasteiger partial charge in [-0.05, 0) is 58.0 Å². The summed E-state index contributed by atoms with van der Waals surface area (Å²) < 4.78 is 7.16. The van der Waals surface area contributed by atoms with Crippen LogP contribution in [0.15, 0.2) is 69.0 Å². The van der Waals surface area contributed by atoms with Gasteiger partial charge in [0.25, 0.3) is 0 Å². The van der Waals surface area contributed by atoms with E-state index in [1.165, 1.54) is 0 Å². The molecule has 180 valence electrons. The van der Waals surface area contributed by atoms with Gasteiger partial charge >= 0.3 is 0 Å². The van der Waals surface area contributed by atoms with Gasteiger partial charge in [0.1, 0.15) is 17.4 Å². The number of hydrogen-bond donors (Lipinski definition) is 2. The quantitative estimate of drug-likeness (QED) is 0.231. The number of rotatable bonds is 6. The predicted octanol–water partition coefficient (Wildman–Crippen LogP) is 6.29. The van der Waals surface area contributed by atoms with E-state index >= 15 is 0 Å². The second-order valence-electron chi connectivity index (χ2n) is 8.16. The van der Waals surface area contributed by atoms with Crippen molar-refractivity contribution in [1.29, 1.82) is 0 Å². The van der Waals surface area contributed by atoms with Crippen LogP contribution in [0.4, 0.5) is 0 Å². The molecule has 0 bridgehead atoms. The lowest BCUT2D eigenvalue weighted by atomic mass is 10.1. The zero-order valence-electron chi connectivity index (χ0n) is 19.5. The molecule has 0 aliphatic heterocycles. The van der Waals surface area contributed by atoms with E-state index < -0.39 is 0 Å². The standard InChI is InChI=1S/C25H27N5OS.2ClH/c1-14(2)28-23(26)17-7-5-16(6-8-17)20-11-12-21(31-20)25-30-19-10-9-18(13-22(19)32-25)24(27)29-15(3)4;;/h5-15H,1-4H3,(H2,26,28)(H2,27,29);2*1H. The lowest BCUT2D eigenvalue weighted by Crippen LogP contribution is -2.15. The molecule has 0 saturated heterocycles. The Morgan fingerprint density at radius 1 is 0.794 bits per heavy atom. The molecule has 9 heteroatoms. The number of aliphatic imine (C=N–C) groups is 2. The lowest BCUT2D eigenvalue weighted by Gasteiger charge is -2.04. The Bertz CT molecular complexity index is 1310. The third-order valence-corrected chi connectivity index (χ3v) is 5.79. The molecule has 2 aromatic carbocycles. The van der Waals surface area contributed by atoms with E-state index in [-0.39, 0.29) is 36.9 Å². The summed E-state index contributed by atoms with van der Waals surface area (Å²) in [5.41, 5.74) is 15.9. The van der Waals surface area contributed by atoms with Crippen LogP contribution < -0.4 is 11.5 Å². The van der Waals surface area contributed by atoms with Gasteiger partial charge in [0, 0.05) is 28.8 Å². The van der Waals surface area contributed by atoms with Gasteiger partial charge in [0.2, 0.25) is 0 Å². The van der Waals surface area contributed by atoms with Crippen LogP contribution in [-0.4, -0.2) is 28.7 Å². The molecule has 0 unspecified atom stereocenters. The number of hydrogen-bond acceptors (Lipinski definition) is 5. The van der Waals surface area contributed by atoms with Crippen molar-refractivity contribution in [2.75, 3.05) is 0 Å². The third-order valence-electron chi connectivity index (χ3n) is 4.76. The number of aromatic nitrogens is 1. The van der Waals surface area contributed by atoms with Crippen molar-refractivity contribution < 1.29 is 4.42 Å². The molecule has 4 N–H and O–H groups in total. The van der Waals surface area contributed by atoms with Gasteiger partial charge in [-0.1, -0.05) is 24.3 Å². The fraction of sp³-hybridized carbons (Fsp3) is 0.240. The molecule has 0 fully saturated rings. The van der Waals surface area contributed by atoms with Gasteiger partial charge < -0.3 is 15.9 Å². The van der Waals surface area contributed by atoms with Crippen molar-refractivity contribution in [3.8, 4) is 22.1 Å². The summed E-state index contributed by atoms with van der Waals surface area (Å²) in [7, 11) is 0. The van der Waals surface area contributed by atoms with E-state index in [9.17, 15) is 0 Å². The monoisotopic (exact) mass is 517 g/mol. The molecule has 0 aliphatic carbocycles. The SMILES string of the molecule is CC(C)N=C(N)c1ccc(-c2ccc(-c3nc4ccc(C(N)=NC(C)C)cc4s3)o2)cc1.Cl.Cl. The largest absolute Gasteiger partial charge is 0.454 e. The minimum Gasteiger partial charge on any atom is -0.454 e. The second-order valence-corrected chi connectivity index (χ2v) is 9.19. The van der Waals surface area contributed by atoms with Crippen LogP contribution in [0.2, 0.25) is 0 Å². The molecule has 0 atom stereocenters. The summed E-state index contributed by atoms with van der Waals surface area (Å²) >= 11 is 1.57. The van der Waals surface area contributed by atoms with E-state index in [4.69, 9.17) is 20.9 Å². The average molecular weight is 519 g/mol. The van der Waals surface area contributed by atoms with Crippen molar-refractivity contribution in [3.05, 3.63) is 65.7 Å². The Kier molecular flexibility index (Phi) is 9.27. The highest BCUT2D eigenvalue weighted by Crippen LogP contribution is 2.34. The molecule has 2 heterocycles.